The molecule has 1 saturated carbocycles. The summed E-state index contributed by atoms with van der Waals surface area (Å²) in [5.74, 6) is 0. The smallest absolute Gasteiger partial charge is 0.0837 e. The van der Waals surface area contributed by atoms with E-state index < -0.39 is 0 Å². The zero-order valence-electron chi connectivity index (χ0n) is 5.47. The van der Waals surface area contributed by atoms with Crippen LogP contribution in [0.2, 0.25) is 0 Å². The normalized spacial score (nSPS) is 37.7. The van der Waals surface area contributed by atoms with E-state index in [1.807, 2.05) is 0 Å². The van der Waals surface area contributed by atoms with Gasteiger partial charge in [0.1, 0.15) is 0 Å². The monoisotopic (exact) mass is 128 g/mol. The van der Waals surface area contributed by atoms with E-state index in [2.05, 4.69) is 0 Å². The molecule has 2 fully saturated rings. The Hall–Kier alpha value is -0.0800. The second-order valence-electron chi connectivity index (χ2n) is 3.24. The van der Waals surface area contributed by atoms with E-state index in [4.69, 9.17) is 4.74 Å². The van der Waals surface area contributed by atoms with Crippen molar-refractivity contribution in [3.05, 3.63) is 0 Å². The Morgan fingerprint density at radius 3 is 2.56 bits per heavy atom. The first-order valence-corrected chi connectivity index (χ1v) is 3.63. The van der Waals surface area contributed by atoms with Crippen LogP contribution in [0.1, 0.15) is 25.7 Å². The molecule has 0 amide bonds. The molecule has 1 aliphatic carbocycles. The van der Waals surface area contributed by atoms with Gasteiger partial charge in [-0.3, -0.25) is 0 Å². The number of epoxide rings is 1. The summed E-state index contributed by atoms with van der Waals surface area (Å²) in [6.07, 6.45) is 4.46. The van der Waals surface area contributed by atoms with Crippen LogP contribution in [-0.4, -0.2) is 23.4 Å². The zero-order valence-corrected chi connectivity index (χ0v) is 5.47. The first kappa shape index (κ1) is 5.69. The minimum Gasteiger partial charge on any atom is -0.390 e. The maximum Gasteiger partial charge on any atom is 0.0837 e. The minimum absolute atomic E-state index is 0.318. The molecule has 0 aromatic carbocycles. The average Bonchev–Trinajstić information content (AvgIpc) is 2.46. The number of aliphatic hydroxyl groups is 1. The molecule has 0 radical (unpaired) electrons. The summed E-state index contributed by atoms with van der Waals surface area (Å²) in [6, 6.07) is 0. The van der Waals surface area contributed by atoms with Crippen molar-refractivity contribution < 1.29 is 9.84 Å². The lowest BCUT2D eigenvalue weighted by Gasteiger charge is -2.36. The van der Waals surface area contributed by atoms with E-state index in [0.717, 1.165) is 25.9 Å². The van der Waals surface area contributed by atoms with Crippen LogP contribution in [0, 0.1) is 0 Å². The number of rotatable bonds is 2. The van der Waals surface area contributed by atoms with Gasteiger partial charge in [0.15, 0.2) is 0 Å². The van der Waals surface area contributed by atoms with Gasteiger partial charge in [-0.1, -0.05) is 0 Å². The van der Waals surface area contributed by atoms with E-state index in [0.29, 0.717) is 6.10 Å². The van der Waals surface area contributed by atoms with Gasteiger partial charge < -0.3 is 9.84 Å². The number of hydrogen-bond acceptors (Lipinski definition) is 2. The van der Waals surface area contributed by atoms with E-state index in [1.54, 1.807) is 0 Å². The van der Waals surface area contributed by atoms with Gasteiger partial charge in [-0.2, -0.15) is 0 Å². The summed E-state index contributed by atoms with van der Waals surface area (Å²) in [7, 11) is 0. The highest BCUT2D eigenvalue weighted by atomic mass is 16.6. The fraction of sp³-hybridized carbons (Fsp3) is 1.00. The van der Waals surface area contributed by atoms with Gasteiger partial charge in [0.2, 0.25) is 0 Å². The van der Waals surface area contributed by atoms with E-state index >= 15 is 0 Å². The molecule has 0 aromatic heterocycles. The van der Waals surface area contributed by atoms with E-state index in [9.17, 15) is 5.11 Å². The first-order chi connectivity index (χ1) is 4.29. The van der Waals surface area contributed by atoms with Crippen molar-refractivity contribution in [3.63, 3.8) is 0 Å². The van der Waals surface area contributed by atoms with Gasteiger partial charge >= 0.3 is 0 Å². The van der Waals surface area contributed by atoms with Crippen LogP contribution in [0.15, 0.2) is 0 Å². The molecule has 2 heteroatoms. The molecule has 1 heterocycles. The average molecular weight is 128 g/mol. The summed E-state index contributed by atoms with van der Waals surface area (Å²) < 4.78 is 5.02. The SMILES string of the molecule is OC1(C[C@H]2CO2)CCC1. The van der Waals surface area contributed by atoms with Crippen molar-refractivity contribution in [2.75, 3.05) is 6.61 Å². The highest BCUT2D eigenvalue weighted by Gasteiger charge is 2.40. The van der Waals surface area contributed by atoms with E-state index in [1.165, 1.54) is 6.42 Å². The molecule has 1 aliphatic heterocycles. The van der Waals surface area contributed by atoms with Crippen LogP contribution in [0.4, 0.5) is 0 Å². The summed E-state index contributed by atoms with van der Waals surface area (Å²) in [5, 5.41) is 9.54. The van der Waals surface area contributed by atoms with Gasteiger partial charge in [0.25, 0.3) is 0 Å². The summed E-state index contributed by atoms with van der Waals surface area (Å²) in [5.41, 5.74) is -0.318. The van der Waals surface area contributed by atoms with Gasteiger partial charge in [-0.05, 0) is 19.3 Å². The summed E-state index contributed by atoms with van der Waals surface area (Å²) in [4.78, 5) is 0. The maximum atomic E-state index is 9.54. The topological polar surface area (TPSA) is 32.8 Å². The lowest BCUT2D eigenvalue weighted by atomic mass is 9.77. The zero-order chi connectivity index (χ0) is 6.32. The lowest BCUT2D eigenvalue weighted by Crippen LogP contribution is -2.37. The Bertz CT molecular complexity index is 114. The fourth-order valence-corrected chi connectivity index (χ4v) is 1.40. The Kier molecular flexibility index (Phi) is 1.08. The molecular formula is C7H12O2. The van der Waals surface area contributed by atoms with Gasteiger partial charge in [-0.25, -0.2) is 0 Å². The number of hydrogen-bond donors (Lipinski definition) is 1. The highest BCUT2D eigenvalue weighted by Crippen LogP contribution is 2.38. The Balaban J connectivity index is 1.81. The van der Waals surface area contributed by atoms with Crippen LogP contribution in [0.5, 0.6) is 0 Å². The van der Waals surface area contributed by atoms with Gasteiger partial charge in [-0.15, -0.1) is 0 Å². The fourth-order valence-electron chi connectivity index (χ4n) is 1.40. The van der Waals surface area contributed by atoms with Crippen molar-refractivity contribution >= 4 is 0 Å². The Morgan fingerprint density at radius 1 is 1.56 bits per heavy atom. The van der Waals surface area contributed by atoms with Crippen LogP contribution in [0.25, 0.3) is 0 Å². The van der Waals surface area contributed by atoms with Crippen LogP contribution in [-0.2, 0) is 4.74 Å². The third kappa shape index (κ3) is 1.10. The molecular weight excluding hydrogens is 116 g/mol. The molecule has 2 aliphatic rings. The Labute approximate surface area is 54.8 Å². The predicted octanol–water partition coefficient (Wildman–Crippen LogP) is 0.690. The van der Waals surface area contributed by atoms with Gasteiger partial charge in [0.05, 0.1) is 18.3 Å². The van der Waals surface area contributed by atoms with Crippen molar-refractivity contribution in [1.82, 2.24) is 0 Å². The lowest BCUT2D eigenvalue weighted by molar-refractivity contribution is -0.0450. The van der Waals surface area contributed by atoms with Gasteiger partial charge in [0, 0.05) is 6.42 Å². The maximum absolute atomic E-state index is 9.54. The Morgan fingerprint density at radius 2 is 2.22 bits per heavy atom. The molecule has 52 valence electrons. The third-order valence-corrected chi connectivity index (χ3v) is 2.29. The largest absolute Gasteiger partial charge is 0.390 e. The van der Waals surface area contributed by atoms with Crippen LogP contribution < -0.4 is 0 Å². The first-order valence-electron chi connectivity index (χ1n) is 3.63. The van der Waals surface area contributed by atoms with Crippen molar-refractivity contribution in [1.29, 1.82) is 0 Å². The van der Waals surface area contributed by atoms with Crippen molar-refractivity contribution in [2.45, 2.75) is 37.4 Å². The standard InChI is InChI=1S/C7H12O2/c8-7(2-1-3-7)4-6-5-9-6/h6,8H,1-5H2/t6-/m0/s1. The third-order valence-electron chi connectivity index (χ3n) is 2.29. The molecule has 2 rings (SSSR count). The molecule has 0 bridgehead atoms. The quantitative estimate of drug-likeness (QED) is 0.555. The predicted molar refractivity (Wildman–Crippen MR) is 33.2 cm³/mol. The molecule has 1 N–H and O–H groups in total. The molecule has 1 atom stereocenters. The molecule has 0 unspecified atom stereocenters. The molecule has 0 aromatic rings. The highest BCUT2D eigenvalue weighted by molar-refractivity contribution is 4.92. The van der Waals surface area contributed by atoms with Crippen LogP contribution >= 0.6 is 0 Å². The molecule has 2 nitrogen and oxygen atoms in total. The molecule has 9 heavy (non-hydrogen) atoms. The second kappa shape index (κ2) is 1.70. The molecule has 1 saturated heterocycles. The minimum atomic E-state index is -0.318. The van der Waals surface area contributed by atoms with E-state index in [-0.39, 0.29) is 5.60 Å². The van der Waals surface area contributed by atoms with Crippen molar-refractivity contribution in [2.24, 2.45) is 0 Å². The summed E-state index contributed by atoms with van der Waals surface area (Å²) in [6.45, 7) is 0.877. The van der Waals surface area contributed by atoms with Crippen LogP contribution in [0.3, 0.4) is 0 Å². The number of ether oxygens (including phenoxy) is 1. The summed E-state index contributed by atoms with van der Waals surface area (Å²) >= 11 is 0. The second-order valence-corrected chi connectivity index (χ2v) is 3.24. The molecule has 0 spiro atoms. The van der Waals surface area contributed by atoms with Crippen molar-refractivity contribution in [3.8, 4) is 0 Å².